The number of thiazole rings is 1. The number of amides is 2. The first-order valence-corrected chi connectivity index (χ1v) is 7.44. The van der Waals surface area contributed by atoms with E-state index in [-0.39, 0.29) is 18.0 Å². The number of nitrogens with one attached hydrogen (secondary N) is 1. The summed E-state index contributed by atoms with van der Waals surface area (Å²) in [7, 11) is 0. The van der Waals surface area contributed by atoms with E-state index in [0.717, 1.165) is 13.0 Å². The van der Waals surface area contributed by atoms with E-state index in [1.165, 1.54) is 16.2 Å². The van der Waals surface area contributed by atoms with E-state index in [4.69, 9.17) is 5.11 Å². The predicted molar refractivity (Wildman–Crippen MR) is 72.9 cm³/mol. The third-order valence-corrected chi connectivity index (χ3v) is 4.48. The number of carbonyl (C=O) groups excluding carboxylic acids is 1. The van der Waals surface area contributed by atoms with Crippen LogP contribution < -0.4 is 5.32 Å². The second-order valence-corrected chi connectivity index (χ2v) is 6.02. The number of nitrogens with zero attached hydrogens (tertiary/aromatic N) is 3. The maximum atomic E-state index is 12.1. The highest BCUT2D eigenvalue weighted by Gasteiger charge is 2.35. The van der Waals surface area contributed by atoms with Gasteiger partial charge in [0.15, 0.2) is 5.01 Å². The molecule has 0 aromatic carbocycles. The van der Waals surface area contributed by atoms with Crippen molar-refractivity contribution >= 4 is 23.3 Å². The van der Waals surface area contributed by atoms with Crippen molar-refractivity contribution in [3.8, 4) is 0 Å². The second kappa shape index (κ2) is 5.37. The summed E-state index contributed by atoms with van der Waals surface area (Å²) in [5.41, 5.74) is 0. The maximum absolute atomic E-state index is 12.1. The molecule has 0 aliphatic carbocycles. The molecule has 20 heavy (non-hydrogen) atoms. The Kier molecular flexibility index (Phi) is 3.58. The lowest BCUT2D eigenvalue weighted by molar-refractivity contribution is 0.0780. The zero-order valence-corrected chi connectivity index (χ0v) is 11.7. The fourth-order valence-electron chi connectivity index (χ4n) is 2.62. The molecule has 2 amide bonds. The third-order valence-electron chi connectivity index (χ3n) is 3.71. The van der Waals surface area contributed by atoms with E-state index in [0.29, 0.717) is 24.6 Å². The summed E-state index contributed by atoms with van der Waals surface area (Å²) < 4.78 is 0. The van der Waals surface area contributed by atoms with Gasteiger partial charge in [-0.1, -0.05) is 0 Å². The van der Waals surface area contributed by atoms with Crippen LogP contribution in [0.5, 0.6) is 0 Å². The quantitative estimate of drug-likeness (QED) is 0.838. The molecule has 1 aromatic rings. The Morgan fingerprint density at radius 1 is 1.30 bits per heavy atom. The van der Waals surface area contributed by atoms with Crippen LogP contribution in [0.3, 0.4) is 0 Å². The van der Waals surface area contributed by atoms with Crippen molar-refractivity contribution < 1.29 is 14.7 Å². The fraction of sp³-hybridized carbons (Fsp3) is 0.583. The molecule has 2 aliphatic rings. The van der Waals surface area contributed by atoms with Gasteiger partial charge in [-0.2, -0.15) is 0 Å². The highest BCUT2D eigenvalue weighted by atomic mass is 32.1. The maximum Gasteiger partial charge on any atom is 0.407 e. The van der Waals surface area contributed by atoms with Crippen molar-refractivity contribution in [2.75, 3.05) is 26.2 Å². The monoisotopic (exact) mass is 296 g/mol. The summed E-state index contributed by atoms with van der Waals surface area (Å²) in [4.78, 5) is 30.0. The van der Waals surface area contributed by atoms with E-state index in [1.807, 2.05) is 4.90 Å². The molecule has 2 aliphatic heterocycles. The number of aromatic nitrogens is 1. The SMILES string of the molecule is O=C(O)N1CC(NC2CCN(C(=O)c3nccs3)C2)C1. The minimum Gasteiger partial charge on any atom is -0.465 e. The Labute approximate surface area is 120 Å². The van der Waals surface area contributed by atoms with Gasteiger partial charge in [0.05, 0.1) is 0 Å². The first-order chi connectivity index (χ1) is 9.63. The largest absolute Gasteiger partial charge is 0.465 e. The summed E-state index contributed by atoms with van der Waals surface area (Å²) in [6, 6.07) is 0.464. The van der Waals surface area contributed by atoms with Gasteiger partial charge in [0, 0.05) is 49.8 Å². The van der Waals surface area contributed by atoms with Crippen LogP contribution in [-0.4, -0.2) is 70.2 Å². The van der Waals surface area contributed by atoms with Crippen molar-refractivity contribution in [2.45, 2.75) is 18.5 Å². The van der Waals surface area contributed by atoms with Crippen LogP contribution >= 0.6 is 11.3 Å². The molecule has 1 atom stereocenters. The number of carboxylic acid groups (broad SMARTS) is 1. The lowest BCUT2D eigenvalue weighted by Crippen LogP contribution is -2.61. The molecule has 1 aromatic heterocycles. The molecule has 0 spiro atoms. The van der Waals surface area contributed by atoms with E-state index >= 15 is 0 Å². The van der Waals surface area contributed by atoms with E-state index in [9.17, 15) is 9.59 Å². The molecule has 0 saturated carbocycles. The zero-order chi connectivity index (χ0) is 14.1. The van der Waals surface area contributed by atoms with E-state index in [1.54, 1.807) is 11.6 Å². The number of likely N-dealkylation sites (tertiary alicyclic amines) is 2. The summed E-state index contributed by atoms with van der Waals surface area (Å²) in [5, 5.41) is 14.5. The average molecular weight is 296 g/mol. The zero-order valence-electron chi connectivity index (χ0n) is 10.9. The summed E-state index contributed by atoms with van der Waals surface area (Å²) >= 11 is 1.36. The number of hydrogen-bond acceptors (Lipinski definition) is 5. The van der Waals surface area contributed by atoms with Crippen LogP contribution in [0.15, 0.2) is 11.6 Å². The standard InChI is InChI=1S/C12H16N4O3S/c17-11(10-13-2-4-20-10)15-3-1-8(5-15)14-9-6-16(7-9)12(18)19/h2,4,8-9,14H,1,3,5-7H2,(H,18,19). The lowest BCUT2D eigenvalue weighted by atomic mass is 10.1. The summed E-state index contributed by atoms with van der Waals surface area (Å²) in [5.74, 6) is -0.00919. The molecule has 2 N–H and O–H groups in total. The summed E-state index contributed by atoms with van der Waals surface area (Å²) in [6.07, 6.45) is 1.68. The highest BCUT2D eigenvalue weighted by molar-refractivity contribution is 7.11. The number of hydrogen-bond donors (Lipinski definition) is 2. The molecule has 3 heterocycles. The Balaban J connectivity index is 1.46. The first-order valence-electron chi connectivity index (χ1n) is 6.56. The van der Waals surface area contributed by atoms with Crippen LogP contribution in [-0.2, 0) is 0 Å². The molecule has 0 radical (unpaired) electrons. The fourth-order valence-corrected chi connectivity index (χ4v) is 3.22. The highest BCUT2D eigenvalue weighted by Crippen LogP contribution is 2.17. The van der Waals surface area contributed by atoms with E-state index in [2.05, 4.69) is 10.3 Å². The van der Waals surface area contributed by atoms with Crippen molar-refractivity contribution in [3.05, 3.63) is 16.6 Å². The molecule has 3 rings (SSSR count). The molecule has 1 unspecified atom stereocenters. The lowest BCUT2D eigenvalue weighted by Gasteiger charge is -2.39. The number of rotatable bonds is 3. The minimum absolute atomic E-state index is 0.00919. The molecule has 7 nitrogen and oxygen atoms in total. The van der Waals surface area contributed by atoms with Gasteiger partial charge in [0.1, 0.15) is 0 Å². The van der Waals surface area contributed by atoms with Gasteiger partial charge in [0.25, 0.3) is 5.91 Å². The molecule has 108 valence electrons. The van der Waals surface area contributed by atoms with Crippen LogP contribution in [0.25, 0.3) is 0 Å². The number of carbonyl (C=O) groups is 2. The Bertz CT molecular complexity index is 501. The van der Waals surface area contributed by atoms with Gasteiger partial charge in [-0.05, 0) is 6.42 Å². The van der Waals surface area contributed by atoms with Crippen molar-refractivity contribution in [2.24, 2.45) is 0 Å². The van der Waals surface area contributed by atoms with Gasteiger partial charge in [-0.3, -0.25) is 4.79 Å². The van der Waals surface area contributed by atoms with Crippen LogP contribution in [0.2, 0.25) is 0 Å². The third kappa shape index (κ3) is 2.61. The smallest absolute Gasteiger partial charge is 0.407 e. The van der Waals surface area contributed by atoms with Crippen molar-refractivity contribution in [1.29, 1.82) is 0 Å². The Morgan fingerprint density at radius 3 is 2.70 bits per heavy atom. The van der Waals surface area contributed by atoms with E-state index < -0.39 is 6.09 Å². The Morgan fingerprint density at radius 2 is 2.05 bits per heavy atom. The molecule has 8 heteroatoms. The van der Waals surface area contributed by atoms with Gasteiger partial charge in [0.2, 0.25) is 0 Å². The van der Waals surface area contributed by atoms with Gasteiger partial charge < -0.3 is 20.2 Å². The van der Waals surface area contributed by atoms with Crippen molar-refractivity contribution in [3.63, 3.8) is 0 Å². The minimum atomic E-state index is -0.866. The van der Waals surface area contributed by atoms with Gasteiger partial charge in [-0.15, -0.1) is 11.3 Å². The van der Waals surface area contributed by atoms with Gasteiger partial charge in [-0.25, -0.2) is 9.78 Å². The second-order valence-electron chi connectivity index (χ2n) is 5.13. The topological polar surface area (TPSA) is 85.8 Å². The normalized spacial score (nSPS) is 22.9. The molecule has 2 fully saturated rings. The molecule has 2 saturated heterocycles. The summed E-state index contributed by atoms with van der Waals surface area (Å²) in [6.45, 7) is 2.46. The first kappa shape index (κ1) is 13.3. The van der Waals surface area contributed by atoms with Gasteiger partial charge >= 0.3 is 6.09 Å². The molecular weight excluding hydrogens is 280 g/mol. The van der Waals surface area contributed by atoms with Crippen LogP contribution in [0, 0.1) is 0 Å². The molecular formula is C12H16N4O3S. The predicted octanol–water partition coefficient (Wildman–Crippen LogP) is 0.309. The van der Waals surface area contributed by atoms with Crippen LogP contribution in [0.1, 0.15) is 16.2 Å². The van der Waals surface area contributed by atoms with Crippen LogP contribution in [0.4, 0.5) is 4.79 Å². The average Bonchev–Trinajstić information content (AvgIpc) is 3.03. The molecule has 0 bridgehead atoms. The van der Waals surface area contributed by atoms with Crippen molar-refractivity contribution in [1.82, 2.24) is 20.1 Å². The Hall–Kier alpha value is -1.67.